The molecule has 25 heavy (non-hydrogen) atoms. The van der Waals surface area contributed by atoms with Gasteiger partial charge in [0.05, 0.1) is 6.54 Å². The molecule has 0 saturated heterocycles. The van der Waals surface area contributed by atoms with Crippen molar-refractivity contribution < 1.29 is 0 Å². The van der Waals surface area contributed by atoms with E-state index in [-0.39, 0.29) is 29.5 Å². The van der Waals surface area contributed by atoms with Crippen LogP contribution in [0.5, 0.6) is 0 Å². The second-order valence-corrected chi connectivity index (χ2v) is 6.79. The monoisotopic (exact) mass is 451 g/mol. The Bertz CT molecular complexity index is 715. The summed E-state index contributed by atoms with van der Waals surface area (Å²) in [6, 6.07) is 14.3. The number of fused-ring (bicyclic) bond motifs is 1. The lowest BCUT2D eigenvalue weighted by molar-refractivity contribution is 0.112. The Morgan fingerprint density at radius 2 is 1.92 bits per heavy atom. The van der Waals surface area contributed by atoms with Gasteiger partial charge in [0.2, 0.25) is 0 Å². The fourth-order valence-corrected chi connectivity index (χ4v) is 3.00. The largest absolute Gasteiger partial charge is 0.370 e. The van der Waals surface area contributed by atoms with Gasteiger partial charge in [0, 0.05) is 24.8 Å². The Labute approximate surface area is 166 Å². The van der Waals surface area contributed by atoms with E-state index in [9.17, 15) is 0 Å². The lowest BCUT2D eigenvalue weighted by Crippen LogP contribution is -2.49. The molecule has 2 heterocycles. The van der Waals surface area contributed by atoms with Crippen LogP contribution in [0.1, 0.15) is 25.0 Å². The number of benzene rings is 1. The second kappa shape index (κ2) is 8.62. The molecule has 1 aliphatic rings. The Morgan fingerprint density at radius 3 is 2.64 bits per heavy atom. The van der Waals surface area contributed by atoms with E-state index in [2.05, 4.69) is 58.3 Å². The van der Waals surface area contributed by atoms with Crippen molar-refractivity contribution in [2.45, 2.75) is 32.4 Å². The van der Waals surface area contributed by atoms with Crippen LogP contribution >= 0.6 is 24.0 Å². The number of hydrogen-bond acceptors (Lipinski definition) is 3. The number of nitrogens with zero attached hydrogens (tertiary/aromatic N) is 3. The standard InChI is InChI=1S/C19H25N5.HI/c1-19(2,14-22-18(20)23-17-9-5-6-11-21-17)24-12-10-15-7-3-4-8-16(15)13-24;/h3-9,11H,10,12-14H2,1-2H3,(H3,20,21,22,23);1H. The number of aromatic nitrogens is 1. The zero-order valence-electron chi connectivity index (χ0n) is 14.8. The molecule has 1 aromatic carbocycles. The van der Waals surface area contributed by atoms with Crippen LogP contribution in [0.3, 0.4) is 0 Å². The van der Waals surface area contributed by atoms with Gasteiger partial charge in [-0.15, -0.1) is 24.0 Å². The Kier molecular flexibility index (Phi) is 6.78. The maximum Gasteiger partial charge on any atom is 0.194 e. The highest BCUT2D eigenvalue weighted by Crippen LogP contribution is 2.25. The highest BCUT2D eigenvalue weighted by molar-refractivity contribution is 14.0. The maximum atomic E-state index is 6.00. The molecule has 0 fully saturated rings. The third-order valence-electron chi connectivity index (χ3n) is 4.54. The summed E-state index contributed by atoms with van der Waals surface area (Å²) < 4.78 is 0. The fourth-order valence-electron chi connectivity index (χ4n) is 3.00. The lowest BCUT2D eigenvalue weighted by atomic mass is 9.94. The van der Waals surface area contributed by atoms with Crippen LogP contribution in [0.15, 0.2) is 53.7 Å². The highest BCUT2D eigenvalue weighted by Gasteiger charge is 2.29. The van der Waals surface area contributed by atoms with Gasteiger partial charge >= 0.3 is 0 Å². The van der Waals surface area contributed by atoms with E-state index in [1.807, 2.05) is 18.2 Å². The molecule has 0 atom stereocenters. The average molecular weight is 451 g/mol. The number of aliphatic imine (C=N–C) groups is 1. The first-order chi connectivity index (χ1) is 11.5. The van der Waals surface area contributed by atoms with E-state index in [1.54, 1.807) is 6.20 Å². The van der Waals surface area contributed by atoms with Crippen LogP contribution in [0.4, 0.5) is 5.82 Å². The molecule has 134 valence electrons. The maximum absolute atomic E-state index is 6.00. The summed E-state index contributed by atoms with van der Waals surface area (Å²) in [6.07, 6.45) is 2.82. The quantitative estimate of drug-likeness (QED) is 0.426. The summed E-state index contributed by atoms with van der Waals surface area (Å²) in [5.41, 5.74) is 8.83. The van der Waals surface area contributed by atoms with Crippen molar-refractivity contribution in [1.29, 1.82) is 0 Å². The Balaban J connectivity index is 0.00000225. The van der Waals surface area contributed by atoms with Gasteiger partial charge in [-0.2, -0.15) is 0 Å². The molecular formula is C19H26IN5. The van der Waals surface area contributed by atoms with Crippen molar-refractivity contribution in [3.05, 3.63) is 59.8 Å². The first-order valence-corrected chi connectivity index (χ1v) is 8.34. The van der Waals surface area contributed by atoms with Crippen LogP contribution in [-0.2, 0) is 13.0 Å². The van der Waals surface area contributed by atoms with Gasteiger partial charge in [0.1, 0.15) is 5.82 Å². The molecule has 0 amide bonds. The third kappa shape index (κ3) is 5.15. The van der Waals surface area contributed by atoms with Crippen molar-refractivity contribution in [3.63, 3.8) is 0 Å². The number of anilines is 1. The lowest BCUT2D eigenvalue weighted by Gasteiger charge is -2.40. The van der Waals surface area contributed by atoms with E-state index >= 15 is 0 Å². The van der Waals surface area contributed by atoms with Gasteiger partial charge in [0.25, 0.3) is 0 Å². The molecule has 0 spiro atoms. The molecule has 3 rings (SSSR count). The van der Waals surface area contributed by atoms with Crippen LogP contribution in [0.25, 0.3) is 0 Å². The van der Waals surface area contributed by atoms with Crippen LogP contribution in [0.2, 0.25) is 0 Å². The number of nitrogens with one attached hydrogen (secondary N) is 1. The molecule has 2 aromatic rings. The number of rotatable bonds is 4. The third-order valence-corrected chi connectivity index (χ3v) is 4.54. The first kappa shape index (κ1) is 19.7. The van der Waals surface area contributed by atoms with Gasteiger partial charge in [0.15, 0.2) is 5.96 Å². The van der Waals surface area contributed by atoms with E-state index in [4.69, 9.17) is 5.73 Å². The molecule has 0 saturated carbocycles. The van der Waals surface area contributed by atoms with Crippen molar-refractivity contribution in [1.82, 2.24) is 9.88 Å². The second-order valence-electron chi connectivity index (χ2n) is 6.79. The van der Waals surface area contributed by atoms with Crippen molar-refractivity contribution in [2.24, 2.45) is 10.7 Å². The van der Waals surface area contributed by atoms with Gasteiger partial charge in [-0.3, -0.25) is 9.89 Å². The molecule has 1 aliphatic heterocycles. The summed E-state index contributed by atoms with van der Waals surface area (Å²) in [6.45, 7) is 7.09. The van der Waals surface area contributed by atoms with E-state index < -0.39 is 0 Å². The molecule has 0 radical (unpaired) electrons. The number of halogens is 1. The predicted molar refractivity (Wildman–Crippen MR) is 114 cm³/mol. The zero-order chi connectivity index (χ0) is 17.0. The summed E-state index contributed by atoms with van der Waals surface area (Å²) in [5, 5.41) is 3.03. The minimum absolute atomic E-state index is 0. The molecule has 3 N–H and O–H groups in total. The Morgan fingerprint density at radius 1 is 1.20 bits per heavy atom. The molecular weight excluding hydrogens is 425 g/mol. The van der Waals surface area contributed by atoms with Gasteiger partial charge in [-0.05, 0) is 43.5 Å². The number of guanidine groups is 1. The minimum Gasteiger partial charge on any atom is -0.370 e. The normalized spacial score (nSPS) is 15.2. The van der Waals surface area contributed by atoms with E-state index in [0.717, 1.165) is 19.5 Å². The van der Waals surface area contributed by atoms with Gasteiger partial charge in [-0.25, -0.2) is 4.98 Å². The van der Waals surface area contributed by atoms with E-state index in [0.29, 0.717) is 18.3 Å². The van der Waals surface area contributed by atoms with E-state index in [1.165, 1.54) is 11.1 Å². The van der Waals surface area contributed by atoms with Crippen LogP contribution in [0, 0.1) is 0 Å². The molecule has 0 unspecified atom stereocenters. The topological polar surface area (TPSA) is 66.5 Å². The highest BCUT2D eigenvalue weighted by atomic mass is 127. The predicted octanol–water partition coefficient (Wildman–Crippen LogP) is 3.26. The molecule has 0 aliphatic carbocycles. The molecule has 5 nitrogen and oxygen atoms in total. The van der Waals surface area contributed by atoms with Crippen molar-refractivity contribution >= 4 is 35.8 Å². The number of pyridine rings is 1. The van der Waals surface area contributed by atoms with Crippen molar-refractivity contribution in [3.8, 4) is 0 Å². The number of nitrogens with two attached hydrogens (primary N) is 1. The number of hydrogen-bond donors (Lipinski definition) is 2. The fraction of sp³-hybridized carbons (Fsp3) is 0.368. The van der Waals surface area contributed by atoms with Gasteiger partial charge in [-0.1, -0.05) is 30.3 Å². The summed E-state index contributed by atoms with van der Waals surface area (Å²) in [4.78, 5) is 11.2. The molecule has 0 bridgehead atoms. The first-order valence-electron chi connectivity index (χ1n) is 8.34. The summed E-state index contributed by atoms with van der Waals surface area (Å²) in [7, 11) is 0. The molecule has 1 aromatic heterocycles. The van der Waals surface area contributed by atoms with Crippen LogP contribution in [-0.4, -0.2) is 34.5 Å². The minimum atomic E-state index is -0.0516. The zero-order valence-corrected chi connectivity index (χ0v) is 17.1. The van der Waals surface area contributed by atoms with Gasteiger partial charge < -0.3 is 11.1 Å². The Hall–Kier alpha value is -1.67. The molecule has 6 heteroatoms. The van der Waals surface area contributed by atoms with Crippen LogP contribution < -0.4 is 11.1 Å². The SMILES string of the molecule is CC(C)(CN=C(N)Nc1ccccn1)N1CCc2ccccc2C1.I. The summed E-state index contributed by atoms with van der Waals surface area (Å²) >= 11 is 0. The summed E-state index contributed by atoms with van der Waals surface area (Å²) in [5.74, 6) is 1.11. The van der Waals surface area contributed by atoms with Crippen molar-refractivity contribution in [2.75, 3.05) is 18.4 Å². The average Bonchev–Trinajstić information content (AvgIpc) is 2.60. The smallest absolute Gasteiger partial charge is 0.194 e.